The van der Waals surface area contributed by atoms with E-state index in [-0.39, 0.29) is 4.83 Å². The summed E-state index contributed by atoms with van der Waals surface area (Å²) >= 11 is 16.4. The van der Waals surface area contributed by atoms with Crippen molar-refractivity contribution >= 4 is 50.5 Å². The van der Waals surface area contributed by atoms with Crippen LogP contribution in [0.2, 0.25) is 8.67 Å². The number of rotatable bonds is 2. The van der Waals surface area contributed by atoms with Crippen LogP contribution < -0.4 is 0 Å². The Kier molecular flexibility index (Phi) is 4.08. The minimum absolute atomic E-state index is 0.385. The van der Waals surface area contributed by atoms with E-state index in [1.165, 1.54) is 23.5 Å². The van der Waals surface area contributed by atoms with Crippen molar-refractivity contribution < 1.29 is 8.78 Å². The number of hydrogen-bond donors (Lipinski definition) is 0. The van der Waals surface area contributed by atoms with Gasteiger partial charge in [-0.05, 0) is 23.8 Å². The van der Waals surface area contributed by atoms with E-state index in [0.29, 0.717) is 19.8 Å². The third-order valence-corrected chi connectivity index (χ3v) is 4.67. The number of alkyl halides is 1. The lowest BCUT2D eigenvalue weighted by molar-refractivity contribution is 0.580. The summed E-state index contributed by atoms with van der Waals surface area (Å²) in [5, 5.41) is 0. The molecule has 1 heterocycles. The third kappa shape index (κ3) is 2.99. The minimum atomic E-state index is -0.623. The molecule has 0 bridgehead atoms. The first kappa shape index (κ1) is 13.3. The van der Waals surface area contributed by atoms with Gasteiger partial charge in [-0.3, -0.25) is 0 Å². The molecule has 6 heteroatoms. The van der Waals surface area contributed by atoms with Crippen molar-refractivity contribution in [3.63, 3.8) is 0 Å². The van der Waals surface area contributed by atoms with Crippen molar-refractivity contribution in [1.82, 2.24) is 0 Å². The van der Waals surface area contributed by atoms with Crippen LogP contribution in [0.4, 0.5) is 8.78 Å². The molecule has 0 aliphatic rings. The molecule has 1 aromatic heterocycles. The smallest absolute Gasteiger partial charge is 0.126 e. The highest BCUT2D eigenvalue weighted by molar-refractivity contribution is 9.09. The maximum atomic E-state index is 13.1. The van der Waals surface area contributed by atoms with E-state index in [1.54, 1.807) is 6.07 Å². The lowest BCUT2D eigenvalue weighted by atomic mass is 10.1. The monoisotopic (exact) mass is 356 g/mol. The van der Waals surface area contributed by atoms with Crippen LogP contribution in [0.25, 0.3) is 0 Å². The predicted molar refractivity (Wildman–Crippen MR) is 71.5 cm³/mol. The van der Waals surface area contributed by atoms with E-state index in [1.807, 2.05) is 0 Å². The summed E-state index contributed by atoms with van der Waals surface area (Å²) in [6.45, 7) is 0. The maximum absolute atomic E-state index is 13.1. The van der Waals surface area contributed by atoms with Crippen molar-refractivity contribution in [3.05, 3.63) is 55.7 Å². The number of hydrogen-bond acceptors (Lipinski definition) is 1. The second-order valence-electron chi connectivity index (χ2n) is 3.34. The Morgan fingerprint density at radius 3 is 2.12 bits per heavy atom. The van der Waals surface area contributed by atoms with Gasteiger partial charge in [0.15, 0.2) is 0 Å². The predicted octanol–water partition coefficient (Wildman–Crippen LogP) is 5.82. The molecule has 0 aliphatic heterocycles. The lowest BCUT2D eigenvalue weighted by Crippen LogP contribution is -1.94. The van der Waals surface area contributed by atoms with Crippen molar-refractivity contribution in [2.75, 3.05) is 0 Å². The highest BCUT2D eigenvalue weighted by Gasteiger charge is 2.18. The summed E-state index contributed by atoms with van der Waals surface area (Å²) < 4.78 is 27.2. The zero-order chi connectivity index (χ0) is 12.6. The lowest BCUT2D eigenvalue weighted by Gasteiger charge is -2.09. The molecular weight excluding hydrogens is 353 g/mol. The fraction of sp³-hybridized carbons (Fsp3) is 0.0909. The second kappa shape index (κ2) is 5.22. The van der Waals surface area contributed by atoms with Gasteiger partial charge in [-0.1, -0.05) is 39.1 Å². The van der Waals surface area contributed by atoms with Gasteiger partial charge in [-0.25, -0.2) is 8.78 Å². The van der Waals surface area contributed by atoms with Crippen LogP contribution in [0.5, 0.6) is 0 Å². The molecular formula is C11H5BrCl2F2S. The molecule has 0 N–H and O–H groups in total. The zero-order valence-corrected chi connectivity index (χ0v) is 12.1. The molecule has 1 atom stereocenters. The van der Waals surface area contributed by atoms with Crippen LogP contribution in [0, 0.1) is 11.6 Å². The Balaban J connectivity index is 2.43. The summed E-state index contributed by atoms with van der Waals surface area (Å²) in [5.74, 6) is -1.25. The summed E-state index contributed by atoms with van der Waals surface area (Å²) in [6.07, 6.45) is 0. The normalized spacial score (nSPS) is 12.8. The van der Waals surface area contributed by atoms with Crippen LogP contribution in [0.15, 0.2) is 24.3 Å². The molecule has 0 spiro atoms. The zero-order valence-electron chi connectivity index (χ0n) is 8.18. The Morgan fingerprint density at radius 2 is 1.65 bits per heavy atom. The molecule has 0 radical (unpaired) electrons. The molecule has 2 rings (SSSR count). The van der Waals surface area contributed by atoms with Gasteiger partial charge in [-0.2, -0.15) is 0 Å². The Labute approximate surface area is 119 Å². The number of thiophene rings is 1. The van der Waals surface area contributed by atoms with Gasteiger partial charge in [0.25, 0.3) is 0 Å². The standard InChI is InChI=1S/C11H5BrCl2F2S/c12-10(8-4-9(13)17-11(8)14)5-1-6(15)3-7(16)2-5/h1-4,10H. The van der Waals surface area contributed by atoms with E-state index in [0.717, 1.165) is 6.07 Å². The van der Waals surface area contributed by atoms with E-state index >= 15 is 0 Å². The minimum Gasteiger partial charge on any atom is -0.207 e. The third-order valence-electron chi connectivity index (χ3n) is 2.13. The number of halogens is 5. The maximum Gasteiger partial charge on any atom is 0.126 e. The van der Waals surface area contributed by atoms with Gasteiger partial charge < -0.3 is 0 Å². The van der Waals surface area contributed by atoms with Gasteiger partial charge in [0, 0.05) is 11.6 Å². The molecule has 1 unspecified atom stereocenters. The highest BCUT2D eigenvalue weighted by Crippen LogP contribution is 2.41. The van der Waals surface area contributed by atoms with Crippen LogP contribution in [0.1, 0.15) is 16.0 Å². The highest BCUT2D eigenvalue weighted by atomic mass is 79.9. The first-order valence-corrected chi connectivity index (χ1v) is 7.01. The Hall–Kier alpha value is -0.160. The van der Waals surface area contributed by atoms with Gasteiger partial charge in [-0.15, -0.1) is 11.3 Å². The molecule has 0 amide bonds. The molecule has 2 aromatic rings. The van der Waals surface area contributed by atoms with Crippen LogP contribution in [0.3, 0.4) is 0 Å². The van der Waals surface area contributed by atoms with Crippen LogP contribution >= 0.6 is 50.5 Å². The Morgan fingerprint density at radius 1 is 1.06 bits per heavy atom. The first-order chi connectivity index (χ1) is 7.97. The van der Waals surface area contributed by atoms with Crippen LogP contribution in [-0.4, -0.2) is 0 Å². The fourth-order valence-electron chi connectivity index (χ4n) is 1.43. The van der Waals surface area contributed by atoms with Gasteiger partial charge >= 0.3 is 0 Å². The van der Waals surface area contributed by atoms with Gasteiger partial charge in [0.1, 0.15) is 11.6 Å². The fourth-order valence-corrected chi connectivity index (χ4v) is 3.87. The average molecular weight is 358 g/mol. The van der Waals surface area contributed by atoms with Crippen molar-refractivity contribution in [2.24, 2.45) is 0 Å². The van der Waals surface area contributed by atoms with Crippen molar-refractivity contribution in [1.29, 1.82) is 0 Å². The molecule has 0 fully saturated rings. The van der Waals surface area contributed by atoms with Crippen LogP contribution in [-0.2, 0) is 0 Å². The van der Waals surface area contributed by atoms with E-state index in [2.05, 4.69) is 15.9 Å². The summed E-state index contributed by atoms with van der Waals surface area (Å²) in [6, 6.07) is 5.01. The molecule has 90 valence electrons. The molecule has 0 nitrogen and oxygen atoms in total. The molecule has 1 aromatic carbocycles. The second-order valence-corrected chi connectivity index (χ2v) is 6.55. The van der Waals surface area contributed by atoms with Crippen molar-refractivity contribution in [2.45, 2.75) is 4.83 Å². The molecule has 17 heavy (non-hydrogen) atoms. The van der Waals surface area contributed by atoms with Gasteiger partial charge in [0.2, 0.25) is 0 Å². The van der Waals surface area contributed by atoms with E-state index in [4.69, 9.17) is 23.2 Å². The van der Waals surface area contributed by atoms with Gasteiger partial charge in [0.05, 0.1) is 13.5 Å². The van der Waals surface area contributed by atoms with E-state index in [9.17, 15) is 8.78 Å². The summed E-state index contributed by atoms with van der Waals surface area (Å²) in [4.78, 5) is -0.385. The average Bonchev–Trinajstić information content (AvgIpc) is 2.55. The SMILES string of the molecule is Fc1cc(F)cc(C(Br)c2cc(Cl)sc2Cl)c1. The quantitative estimate of drug-likeness (QED) is 0.594. The van der Waals surface area contributed by atoms with Crippen molar-refractivity contribution in [3.8, 4) is 0 Å². The summed E-state index contributed by atoms with van der Waals surface area (Å²) in [5.41, 5.74) is 1.16. The topological polar surface area (TPSA) is 0 Å². The van der Waals surface area contributed by atoms with E-state index < -0.39 is 11.6 Å². The molecule has 0 aliphatic carbocycles. The summed E-state index contributed by atoms with van der Waals surface area (Å²) in [7, 11) is 0. The Bertz CT molecular complexity index is 536. The molecule has 0 saturated heterocycles. The number of benzene rings is 1. The molecule has 0 saturated carbocycles. The largest absolute Gasteiger partial charge is 0.207 e. The first-order valence-electron chi connectivity index (χ1n) is 4.52.